The monoisotopic (exact) mass is 389 g/mol. The summed E-state index contributed by atoms with van der Waals surface area (Å²) in [7, 11) is 1.63. The van der Waals surface area contributed by atoms with Crippen LogP contribution in [0.25, 0.3) is 0 Å². The number of ether oxygens (including phenoxy) is 1. The quantitative estimate of drug-likeness (QED) is 0.564. The van der Waals surface area contributed by atoms with E-state index in [0.717, 1.165) is 11.3 Å². The van der Waals surface area contributed by atoms with Crippen LogP contribution in [0.2, 0.25) is 10.0 Å². The number of methoxy groups -OCH3 is 1. The normalized spacial score (nSPS) is 10.4. The Morgan fingerprint density at radius 3 is 2.50 bits per heavy atom. The van der Waals surface area contributed by atoms with Crippen molar-refractivity contribution in [3.63, 3.8) is 0 Å². The Kier molecular flexibility index (Phi) is 5.65. The molecule has 0 unspecified atom stereocenters. The molecule has 0 aliphatic heterocycles. The third kappa shape index (κ3) is 4.09. The number of benzene rings is 2. The maximum atomic E-state index is 6.20. The van der Waals surface area contributed by atoms with E-state index in [2.05, 4.69) is 20.6 Å². The average Bonchev–Trinajstić information content (AvgIpc) is 2.66. The average molecular weight is 390 g/mol. The van der Waals surface area contributed by atoms with Gasteiger partial charge in [0.25, 0.3) is 0 Å². The van der Waals surface area contributed by atoms with Gasteiger partial charge in [0.05, 0.1) is 22.8 Å². The Morgan fingerprint density at radius 2 is 1.77 bits per heavy atom. The van der Waals surface area contributed by atoms with Crippen molar-refractivity contribution in [1.29, 1.82) is 0 Å². The Hall–Kier alpha value is -2.70. The molecule has 0 amide bonds. The molecule has 0 aliphatic carbocycles. The smallest absolute Gasteiger partial charge is 0.159 e. The van der Waals surface area contributed by atoms with Crippen molar-refractivity contribution in [1.82, 2.24) is 9.97 Å². The molecule has 0 radical (unpaired) electrons. The van der Waals surface area contributed by atoms with Crippen molar-refractivity contribution in [2.45, 2.75) is 6.54 Å². The third-order valence-electron chi connectivity index (χ3n) is 3.71. The van der Waals surface area contributed by atoms with Crippen LogP contribution in [0.1, 0.15) is 5.56 Å². The van der Waals surface area contributed by atoms with Crippen LogP contribution < -0.4 is 21.1 Å². The fourth-order valence-electron chi connectivity index (χ4n) is 2.29. The minimum absolute atomic E-state index is 0.386. The molecule has 134 valence electrons. The molecule has 0 saturated carbocycles. The number of hydrogen-bond acceptors (Lipinski definition) is 6. The van der Waals surface area contributed by atoms with Crippen LogP contribution in [0.4, 0.5) is 23.0 Å². The summed E-state index contributed by atoms with van der Waals surface area (Å²) in [6, 6.07) is 13.0. The van der Waals surface area contributed by atoms with E-state index in [1.54, 1.807) is 25.3 Å². The van der Waals surface area contributed by atoms with Gasteiger partial charge in [-0.25, -0.2) is 9.97 Å². The molecule has 26 heavy (non-hydrogen) atoms. The minimum Gasteiger partial charge on any atom is -0.497 e. The number of anilines is 4. The van der Waals surface area contributed by atoms with Gasteiger partial charge in [-0.1, -0.05) is 41.4 Å². The summed E-state index contributed by atoms with van der Waals surface area (Å²) < 4.78 is 5.15. The van der Waals surface area contributed by atoms with Crippen LogP contribution in [0.5, 0.6) is 5.75 Å². The van der Waals surface area contributed by atoms with Crippen LogP contribution in [0.15, 0.2) is 48.8 Å². The van der Waals surface area contributed by atoms with E-state index in [1.165, 1.54) is 6.33 Å². The maximum Gasteiger partial charge on any atom is 0.159 e. The van der Waals surface area contributed by atoms with Crippen LogP contribution in [0, 0.1) is 0 Å². The molecule has 8 heteroatoms. The van der Waals surface area contributed by atoms with E-state index >= 15 is 0 Å². The fraction of sp³-hybridized carbons (Fsp3) is 0.111. The second-order valence-corrected chi connectivity index (χ2v) is 6.20. The minimum atomic E-state index is 0.386. The lowest BCUT2D eigenvalue weighted by Crippen LogP contribution is -2.08. The summed E-state index contributed by atoms with van der Waals surface area (Å²) in [6.07, 6.45) is 1.42. The van der Waals surface area contributed by atoms with E-state index in [1.807, 2.05) is 24.3 Å². The molecule has 1 aromatic heterocycles. The first-order chi connectivity index (χ1) is 12.6. The second kappa shape index (κ2) is 8.12. The fourth-order valence-corrected chi connectivity index (χ4v) is 2.64. The molecule has 0 fully saturated rings. The third-order valence-corrected chi connectivity index (χ3v) is 4.53. The zero-order valence-corrected chi connectivity index (χ0v) is 15.5. The van der Waals surface area contributed by atoms with Gasteiger partial charge in [-0.05, 0) is 29.8 Å². The van der Waals surface area contributed by atoms with Crippen LogP contribution >= 0.6 is 23.2 Å². The summed E-state index contributed by atoms with van der Waals surface area (Å²) >= 11 is 12.2. The molecule has 4 N–H and O–H groups in total. The first-order valence-electron chi connectivity index (χ1n) is 7.77. The number of rotatable bonds is 6. The Labute approximate surface area is 161 Å². The molecule has 0 bridgehead atoms. The molecule has 0 atom stereocenters. The van der Waals surface area contributed by atoms with Gasteiger partial charge in [0.1, 0.15) is 17.8 Å². The van der Waals surface area contributed by atoms with Crippen molar-refractivity contribution in [2.75, 3.05) is 23.5 Å². The first kappa shape index (κ1) is 18.1. The zero-order valence-electron chi connectivity index (χ0n) is 14.0. The van der Waals surface area contributed by atoms with Crippen molar-refractivity contribution in [2.24, 2.45) is 0 Å². The molecule has 3 aromatic rings. The highest BCUT2D eigenvalue weighted by Gasteiger charge is 2.11. The lowest BCUT2D eigenvalue weighted by molar-refractivity contribution is 0.414. The first-order valence-corrected chi connectivity index (χ1v) is 8.52. The summed E-state index contributed by atoms with van der Waals surface area (Å²) in [5.41, 5.74) is 8.25. The predicted octanol–water partition coefficient (Wildman–Crippen LogP) is 4.73. The van der Waals surface area contributed by atoms with Crippen molar-refractivity contribution in [3.05, 3.63) is 64.4 Å². The number of nitrogens with two attached hydrogens (primary N) is 1. The van der Waals surface area contributed by atoms with E-state index < -0.39 is 0 Å². The summed E-state index contributed by atoms with van der Waals surface area (Å²) in [5.74, 6) is 1.78. The highest BCUT2D eigenvalue weighted by Crippen LogP contribution is 2.33. The van der Waals surface area contributed by atoms with Gasteiger partial charge < -0.3 is 21.1 Å². The molecule has 0 spiro atoms. The van der Waals surface area contributed by atoms with Gasteiger partial charge in [0, 0.05) is 6.54 Å². The largest absolute Gasteiger partial charge is 0.497 e. The van der Waals surface area contributed by atoms with Gasteiger partial charge in [-0.3, -0.25) is 0 Å². The van der Waals surface area contributed by atoms with Crippen LogP contribution in [-0.2, 0) is 6.54 Å². The Balaban J connectivity index is 1.75. The standard InChI is InChI=1S/C18H17Cl2N5O/c1-26-12-7-5-11(6-8-12)9-22-17-16(21)18(24-10-23-17)25-14-4-2-3-13(19)15(14)20/h2-8,10H,9,21H2,1H3,(H2,22,23,24,25). The lowest BCUT2D eigenvalue weighted by Gasteiger charge is -2.14. The Bertz CT molecular complexity index is 903. The van der Waals surface area contributed by atoms with E-state index in [4.69, 9.17) is 33.7 Å². The molecular formula is C18H17Cl2N5O. The molecule has 0 aliphatic rings. The number of nitrogens with one attached hydrogen (secondary N) is 2. The molecule has 3 rings (SSSR count). The summed E-state index contributed by atoms with van der Waals surface area (Å²) in [5, 5.41) is 7.14. The predicted molar refractivity (Wildman–Crippen MR) is 107 cm³/mol. The number of hydrogen-bond donors (Lipinski definition) is 3. The molecular weight excluding hydrogens is 373 g/mol. The number of nitrogens with zero attached hydrogens (tertiary/aromatic N) is 2. The lowest BCUT2D eigenvalue weighted by atomic mass is 10.2. The number of aromatic nitrogens is 2. The summed E-state index contributed by atoms with van der Waals surface area (Å²) in [4.78, 5) is 8.38. The second-order valence-electron chi connectivity index (χ2n) is 5.41. The topological polar surface area (TPSA) is 85.1 Å². The Morgan fingerprint density at radius 1 is 1.04 bits per heavy atom. The highest BCUT2D eigenvalue weighted by molar-refractivity contribution is 6.43. The van der Waals surface area contributed by atoms with E-state index in [-0.39, 0.29) is 0 Å². The van der Waals surface area contributed by atoms with E-state index in [9.17, 15) is 0 Å². The van der Waals surface area contributed by atoms with Crippen molar-refractivity contribution >= 4 is 46.2 Å². The summed E-state index contributed by atoms with van der Waals surface area (Å²) in [6.45, 7) is 0.558. The number of halogens is 2. The zero-order chi connectivity index (χ0) is 18.5. The SMILES string of the molecule is COc1ccc(CNc2ncnc(Nc3cccc(Cl)c3Cl)c2N)cc1. The molecule has 0 saturated heterocycles. The van der Waals surface area contributed by atoms with Gasteiger partial charge >= 0.3 is 0 Å². The maximum absolute atomic E-state index is 6.20. The van der Waals surface area contributed by atoms with Gasteiger partial charge in [-0.15, -0.1) is 0 Å². The van der Waals surface area contributed by atoms with Crippen molar-refractivity contribution < 1.29 is 4.74 Å². The van der Waals surface area contributed by atoms with Crippen molar-refractivity contribution in [3.8, 4) is 5.75 Å². The van der Waals surface area contributed by atoms with Crippen LogP contribution in [0.3, 0.4) is 0 Å². The molecule has 6 nitrogen and oxygen atoms in total. The van der Waals surface area contributed by atoms with Gasteiger partial charge in [0.2, 0.25) is 0 Å². The van der Waals surface area contributed by atoms with E-state index in [0.29, 0.717) is 39.6 Å². The molecule has 2 aromatic carbocycles. The van der Waals surface area contributed by atoms with Gasteiger partial charge in [0.15, 0.2) is 11.6 Å². The van der Waals surface area contributed by atoms with Crippen LogP contribution in [-0.4, -0.2) is 17.1 Å². The van der Waals surface area contributed by atoms with Gasteiger partial charge in [-0.2, -0.15) is 0 Å². The highest BCUT2D eigenvalue weighted by atomic mass is 35.5. The molecule has 1 heterocycles. The number of nitrogen functional groups attached to an aromatic ring is 1.